The molecule has 0 spiro atoms. The van der Waals surface area contributed by atoms with Crippen molar-refractivity contribution in [3.8, 4) is 0 Å². The van der Waals surface area contributed by atoms with Crippen molar-refractivity contribution >= 4 is 18.1 Å². The lowest BCUT2D eigenvalue weighted by Crippen LogP contribution is -2.07. The van der Waals surface area contributed by atoms with Crippen LogP contribution in [-0.2, 0) is 0 Å². The van der Waals surface area contributed by atoms with Crippen LogP contribution in [0.3, 0.4) is 0 Å². The van der Waals surface area contributed by atoms with Gasteiger partial charge in [-0.25, -0.2) is 4.39 Å². The van der Waals surface area contributed by atoms with Crippen molar-refractivity contribution in [3.05, 3.63) is 39.7 Å². The molecule has 0 radical (unpaired) electrons. The quantitative estimate of drug-likeness (QED) is 0.614. The lowest BCUT2D eigenvalue weighted by molar-refractivity contribution is -0.385. The number of nitro groups is 1. The van der Waals surface area contributed by atoms with E-state index in [1.54, 1.807) is 6.92 Å². The average molecular weight is 221 g/mol. The van der Waals surface area contributed by atoms with Crippen LogP contribution in [0, 0.1) is 15.9 Å². The SMILES string of the molecule is C[C@H](N)c1cc([N+](=O)[O-])ccc1F.Cl. The number of halogens is 2. The molecule has 0 bridgehead atoms. The Balaban J connectivity index is 0.00000169. The number of benzene rings is 1. The number of rotatable bonds is 2. The van der Waals surface area contributed by atoms with Gasteiger partial charge >= 0.3 is 0 Å². The van der Waals surface area contributed by atoms with E-state index in [9.17, 15) is 14.5 Å². The van der Waals surface area contributed by atoms with E-state index in [1.165, 1.54) is 0 Å². The van der Waals surface area contributed by atoms with E-state index in [2.05, 4.69) is 0 Å². The molecule has 0 aliphatic rings. The van der Waals surface area contributed by atoms with Gasteiger partial charge in [0.25, 0.3) is 5.69 Å². The second kappa shape index (κ2) is 4.88. The zero-order chi connectivity index (χ0) is 10.0. The Hall–Kier alpha value is -1.20. The number of hydrogen-bond donors (Lipinski definition) is 1. The van der Waals surface area contributed by atoms with Crippen LogP contribution in [0.4, 0.5) is 10.1 Å². The van der Waals surface area contributed by atoms with Gasteiger partial charge in [-0.05, 0) is 13.0 Å². The molecule has 0 aliphatic carbocycles. The van der Waals surface area contributed by atoms with Gasteiger partial charge in [-0.15, -0.1) is 12.4 Å². The lowest BCUT2D eigenvalue weighted by atomic mass is 10.1. The van der Waals surface area contributed by atoms with Gasteiger partial charge < -0.3 is 5.73 Å². The molecular weight excluding hydrogens is 211 g/mol. The largest absolute Gasteiger partial charge is 0.324 e. The Bertz CT molecular complexity index is 344. The number of non-ortho nitro benzene ring substituents is 1. The summed E-state index contributed by atoms with van der Waals surface area (Å²) in [6.45, 7) is 1.57. The summed E-state index contributed by atoms with van der Waals surface area (Å²) in [7, 11) is 0. The molecule has 0 amide bonds. The third-order valence-corrected chi connectivity index (χ3v) is 1.68. The summed E-state index contributed by atoms with van der Waals surface area (Å²) >= 11 is 0. The van der Waals surface area contributed by atoms with Crippen molar-refractivity contribution < 1.29 is 9.31 Å². The molecule has 0 aromatic heterocycles. The second-order valence-corrected chi connectivity index (χ2v) is 2.75. The van der Waals surface area contributed by atoms with Gasteiger partial charge in [0, 0.05) is 23.7 Å². The van der Waals surface area contributed by atoms with E-state index in [-0.39, 0.29) is 23.7 Å². The molecule has 78 valence electrons. The Morgan fingerprint density at radius 1 is 1.57 bits per heavy atom. The summed E-state index contributed by atoms with van der Waals surface area (Å²) in [5.41, 5.74) is 5.44. The summed E-state index contributed by atoms with van der Waals surface area (Å²) in [4.78, 5) is 9.75. The van der Waals surface area contributed by atoms with Crippen molar-refractivity contribution in [1.82, 2.24) is 0 Å². The van der Waals surface area contributed by atoms with Crippen LogP contribution in [0.25, 0.3) is 0 Å². The molecule has 0 heterocycles. The number of nitrogens with two attached hydrogens (primary N) is 1. The molecule has 2 N–H and O–H groups in total. The highest BCUT2D eigenvalue weighted by molar-refractivity contribution is 5.85. The summed E-state index contributed by atoms with van der Waals surface area (Å²) in [5, 5.41) is 10.3. The van der Waals surface area contributed by atoms with Crippen LogP contribution in [0.5, 0.6) is 0 Å². The molecule has 4 nitrogen and oxygen atoms in total. The lowest BCUT2D eigenvalue weighted by Gasteiger charge is -2.05. The molecule has 1 atom stereocenters. The average Bonchev–Trinajstić information content (AvgIpc) is 2.04. The Morgan fingerprint density at radius 3 is 2.57 bits per heavy atom. The maximum absolute atomic E-state index is 13.0. The van der Waals surface area contributed by atoms with Crippen LogP contribution < -0.4 is 5.73 Å². The standard InChI is InChI=1S/C8H9FN2O2.ClH/c1-5(10)7-4-6(11(12)13)2-3-8(7)9;/h2-5H,10H2,1H3;1H/t5-;/m0./s1. The van der Waals surface area contributed by atoms with Gasteiger partial charge in [0.1, 0.15) is 5.82 Å². The predicted octanol–water partition coefficient (Wildman–Crippen LogP) is 2.18. The first kappa shape index (κ1) is 12.8. The van der Waals surface area contributed by atoms with Crippen molar-refractivity contribution in [2.75, 3.05) is 0 Å². The molecule has 1 aromatic rings. The van der Waals surface area contributed by atoms with Crippen molar-refractivity contribution in [2.24, 2.45) is 5.73 Å². The minimum Gasteiger partial charge on any atom is -0.324 e. The first-order valence-electron chi connectivity index (χ1n) is 3.72. The van der Waals surface area contributed by atoms with E-state index >= 15 is 0 Å². The fourth-order valence-electron chi connectivity index (χ4n) is 0.994. The van der Waals surface area contributed by atoms with E-state index in [0.29, 0.717) is 0 Å². The first-order chi connectivity index (χ1) is 6.02. The van der Waals surface area contributed by atoms with Crippen LogP contribution >= 0.6 is 12.4 Å². The molecular formula is C8H10ClFN2O2. The number of hydrogen-bond acceptors (Lipinski definition) is 3. The first-order valence-corrected chi connectivity index (χ1v) is 3.72. The summed E-state index contributed by atoms with van der Waals surface area (Å²) in [5.74, 6) is -0.513. The number of nitro benzene ring substituents is 1. The third kappa shape index (κ3) is 2.65. The minimum atomic E-state index is -0.578. The molecule has 1 rings (SSSR count). The highest BCUT2D eigenvalue weighted by atomic mass is 35.5. The number of nitrogens with zero attached hydrogens (tertiary/aromatic N) is 1. The Labute approximate surface area is 86.5 Å². The van der Waals surface area contributed by atoms with Crippen molar-refractivity contribution in [3.63, 3.8) is 0 Å². The van der Waals surface area contributed by atoms with Crippen LogP contribution in [0.15, 0.2) is 18.2 Å². The zero-order valence-corrected chi connectivity index (χ0v) is 8.25. The summed E-state index contributed by atoms with van der Waals surface area (Å²) in [6, 6.07) is 2.78. The van der Waals surface area contributed by atoms with Gasteiger partial charge in [-0.1, -0.05) is 0 Å². The highest BCUT2D eigenvalue weighted by Crippen LogP contribution is 2.20. The van der Waals surface area contributed by atoms with E-state index in [1.807, 2.05) is 0 Å². The molecule has 6 heteroatoms. The molecule has 0 aliphatic heterocycles. The smallest absolute Gasteiger partial charge is 0.269 e. The topological polar surface area (TPSA) is 69.2 Å². The van der Waals surface area contributed by atoms with Crippen LogP contribution in [0.2, 0.25) is 0 Å². The van der Waals surface area contributed by atoms with Crippen molar-refractivity contribution in [2.45, 2.75) is 13.0 Å². The fourth-order valence-corrected chi connectivity index (χ4v) is 0.994. The monoisotopic (exact) mass is 220 g/mol. The van der Waals surface area contributed by atoms with Crippen LogP contribution in [0.1, 0.15) is 18.5 Å². The van der Waals surface area contributed by atoms with Gasteiger partial charge in [0.05, 0.1) is 4.92 Å². The Kier molecular flexibility index (Phi) is 4.46. The highest BCUT2D eigenvalue weighted by Gasteiger charge is 2.12. The minimum absolute atomic E-state index is 0. The summed E-state index contributed by atoms with van der Waals surface area (Å²) in [6.07, 6.45) is 0. The molecule has 0 fully saturated rings. The van der Waals surface area contributed by atoms with Gasteiger partial charge in [-0.3, -0.25) is 10.1 Å². The normalized spacial score (nSPS) is 11.6. The Morgan fingerprint density at radius 2 is 2.14 bits per heavy atom. The van der Waals surface area contributed by atoms with Crippen molar-refractivity contribution in [1.29, 1.82) is 0 Å². The second-order valence-electron chi connectivity index (χ2n) is 2.75. The zero-order valence-electron chi connectivity index (χ0n) is 7.44. The summed E-state index contributed by atoms with van der Waals surface area (Å²) < 4.78 is 13.0. The van der Waals surface area contributed by atoms with E-state index < -0.39 is 16.8 Å². The molecule has 0 unspecified atom stereocenters. The van der Waals surface area contributed by atoms with E-state index in [4.69, 9.17) is 5.73 Å². The van der Waals surface area contributed by atoms with Crippen LogP contribution in [-0.4, -0.2) is 4.92 Å². The van der Waals surface area contributed by atoms with E-state index in [0.717, 1.165) is 18.2 Å². The predicted molar refractivity (Wildman–Crippen MR) is 52.9 cm³/mol. The molecule has 0 saturated carbocycles. The fraction of sp³-hybridized carbons (Fsp3) is 0.250. The molecule has 1 aromatic carbocycles. The van der Waals surface area contributed by atoms with Gasteiger partial charge in [-0.2, -0.15) is 0 Å². The molecule has 0 saturated heterocycles. The van der Waals surface area contributed by atoms with Gasteiger partial charge in [0.2, 0.25) is 0 Å². The molecule has 14 heavy (non-hydrogen) atoms. The maximum atomic E-state index is 13.0. The third-order valence-electron chi connectivity index (χ3n) is 1.68. The maximum Gasteiger partial charge on any atom is 0.269 e. The van der Waals surface area contributed by atoms with Gasteiger partial charge in [0.15, 0.2) is 0 Å².